The van der Waals surface area contributed by atoms with Gasteiger partial charge in [0.25, 0.3) is 0 Å². The first-order valence-corrected chi connectivity index (χ1v) is 9.43. The van der Waals surface area contributed by atoms with Crippen LogP contribution in [0.5, 0.6) is 0 Å². The number of carbonyl (C=O) groups is 2. The van der Waals surface area contributed by atoms with Gasteiger partial charge in [-0.1, -0.05) is 49.8 Å². The lowest BCUT2D eigenvalue weighted by molar-refractivity contribution is -0.188. The van der Waals surface area contributed by atoms with Crippen LogP contribution in [-0.4, -0.2) is 23.1 Å². The molecule has 0 saturated heterocycles. The van der Waals surface area contributed by atoms with Crippen LogP contribution in [0.25, 0.3) is 0 Å². The van der Waals surface area contributed by atoms with Gasteiger partial charge in [0.1, 0.15) is 6.10 Å². The topological polar surface area (TPSA) is 63.6 Å². The zero-order valence-corrected chi connectivity index (χ0v) is 16.5. The fraction of sp³-hybridized carbons (Fsp3) is 0.636. The van der Waals surface area contributed by atoms with E-state index >= 15 is 0 Å². The van der Waals surface area contributed by atoms with E-state index < -0.39 is 17.5 Å². The van der Waals surface area contributed by atoms with E-state index in [2.05, 4.69) is 26.2 Å². The first kappa shape index (κ1) is 20.5. The number of ether oxygens (including phenoxy) is 1. The van der Waals surface area contributed by atoms with Gasteiger partial charge in [-0.25, -0.2) is 0 Å². The molecule has 2 aliphatic rings. The van der Waals surface area contributed by atoms with E-state index in [1.807, 2.05) is 19.9 Å². The van der Waals surface area contributed by atoms with Crippen LogP contribution in [-0.2, 0) is 14.3 Å². The lowest BCUT2D eigenvalue weighted by Gasteiger charge is -2.59. The molecule has 0 unspecified atom stereocenters. The lowest BCUT2D eigenvalue weighted by atomic mass is 9.46. The van der Waals surface area contributed by atoms with Gasteiger partial charge >= 0.3 is 11.9 Å². The fourth-order valence-corrected chi connectivity index (χ4v) is 5.47. The third-order valence-electron chi connectivity index (χ3n) is 6.74. The van der Waals surface area contributed by atoms with E-state index in [0.29, 0.717) is 12.8 Å². The summed E-state index contributed by atoms with van der Waals surface area (Å²) in [4.78, 5) is 23.9. The van der Waals surface area contributed by atoms with E-state index in [9.17, 15) is 14.7 Å². The van der Waals surface area contributed by atoms with Crippen LogP contribution in [0.3, 0.4) is 0 Å². The van der Waals surface area contributed by atoms with Crippen molar-refractivity contribution in [3.63, 3.8) is 0 Å². The monoisotopic (exact) mass is 360 g/mol. The van der Waals surface area contributed by atoms with Crippen molar-refractivity contribution in [1.29, 1.82) is 0 Å². The molecule has 4 nitrogen and oxygen atoms in total. The van der Waals surface area contributed by atoms with E-state index in [0.717, 1.165) is 30.4 Å². The zero-order chi connectivity index (χ0) is 19.7. The number of hydrogen-bond acceptors (Lipinski definition) is 3. The normalized spacial score (nSPS) is 37.6. The standard InChI is InChI=1S/C22H32O4/c1-7-14(2)9-10-17-15(3)13-18(26-16(4)23)19-21(17,5)11-8-12-22(19,6)20(24)25/h7,9,17-19H,1,3,8,10-13H2,2,4-6H3,(H,24,25)/b14-9+/t17-,18-,19+,21+,22+/m1/s1. The molecular formula is C22H32O4. The summed E-state index contributed by atoms with van der Waals surface area (Å²) in [5.41, 5.74) is 0.997. The van der Waals surface area contributed by atoms with Gasteiger partial charge in [0, 0.05) is 19.3 Å². The molecule has 0 radical (unpaired) electrons. The first-order chi connectivity index (χ1) is 12.1. The fourth-order valence-electron chi connectivity index (χ4n) is 5.47. The highest BCUT2D eigenvalue weighted by atomic mass is 16.5. The SMILES string of the molecule is C=C/C(C)=C/C[C@@H]1C(=C)C[C@@H](OC(C)=O)[C@H]2[C@@]1(C)CCC[C@]2(C)C(=O)O. The largest absolute Gasteiger partial charge is 0.481 e. The highest BCUT2D eigenvalue weighted by Gasteiger charge is 2.61. The Hall–Kier alpha value is -1.84. The summed E-state index contributed by atoms with van der Waals surface area (Å²) in [7, 11) is 0. The molecule has 0 spiro atoms. The Morgan fingerprint density at radius 1 is 1.31 bits per heavy atom. The Bertz CT molecular complexity index is 647. The van der Waals surface area contributed by atoms with Gasteiger partial charge < -0.3 is 9.84 Å². The van der Waals surface area contributed by atoms with Crippen LogP contribution in [0.1, 0.15) is 59.8 Å². The predicted octanol–water partition coefficient (Wildman–Crippen LogP) is 4.91. The Morgan fingerprint density at radius 2 is 1.96 bits per heavy atom. The van der Waals surface area contributed by atoms with Crippen molar-refractivity contribution in [2.75, 3.05) is 0 Å². The number of rotatable bonds is 5. The molecule has 0 aromatic heterocycles. The number of hydrogen-bond donors (Lipinski definition) is 1. The average Bonchev–Trinajstić information content (AvgIpc) is 2.52. The maximum atomic E-state index is 12.2. The summed E-state index contributed by atoms with van der Waals surface area (Å²) >= 11 is 0. The van der Waals surface area contributed by atoms with Crippen LogP contribution in [0.15, 0.2) is 36.5 Å². The molecule has 0 bridgehead atoms. The predicted molar refractivity (Wildman–Crippen MR) is 103 cm³/mol. The van der Waals surface area contributed by atoms with Crippen LogP contribution >= 0.6 is 0 Å². The minimum absolute atomic E-state index is 0.174. The Labute approximate surface area is 157 Å². The van der Waals surface area contributed by atoms with Crippen LogP contribution in [0.4, 0.5) is 0 Å². The van der Waals surface area contributed by atoms with Crippen LogP contribution in [0, 0.1) is 22.7 Å². The molecule has 0 amide bonds. The number of fused-ring (bicyclic) bond motifs is 1. The van der Waals surface area contributed by atoms with Gasteiger partial charge in [-0.15, -0.1) is 0 Å². The molecule has 0 aliphatic heterocycles. The average molecular weight is 360 g/mol. The van der Waals surface area contributed by atoms with Gasteiger partial charge in [-0.05, 0) is 44.4 Å². The van der Waals surface area contributed by atoms with Gasteiger partial charge in [0.15, 0.2) is 0 Å². The number of carbonyl (C=O) groups excluding carboxylic acids is 1. The molecule has 1 N–H and O–H groups in total. The van der Waals surface area contributed by atoms with Crippen molar-refractivity contribution >= 4 is 11.9 Å². The summed E-state index contributed by atoms with van der Waals surface area (Å²) < 4.78 is 5.64. The maximum absolute atomic E-state index is 12.2. The molecule has 2 aliphatic carbocycles. The van der Waals surface area contributed by atoms with Gasteiger partial charge in [-0.3, -0.25) is 9.59 Å². The molecule has 0 aromatic rings. The second-order valence-corrected chi connectivity index (χ2v) is 8.51. The summed E-state index contributed by atoms with van der Waals surface area (Å²) in [5, 5.41) is 10.0. The number of aliphatic carboxylic acids is 1. The molecule has 144 valence electrons. The van der Waals surface area contributed by atoms with Crippen molar-refractivity contribution in [1.82, 2.24) is 0 Å². The van der Waals surface area contributed by atoms with E-state index in [4.69, 9.17) is 4.74 Å². The van der Waals surface area contributed by atoms with Crippen LogP contribution < -0.4 is 0 Å². The minimum Gasteiger partial charge on any atom is -0.481 e. The summed E-state index contributed by atoms with van der Waals surface area (Å²) in [6.07, 6.45) is 7.30. The highest BCUT2D eigenvalue weighted by Crippen LogP contribution is 2.62. The van der Waals surface area contributed by atoms with Gasteiger partial charge in [0.05, 0.1) is 5.41 Å². The maximum Gasteiger partial charge on any atom is 0.309 e. The lowest BCUT2D eigenvalue weighted by Crippen LogP contribution is -2.59. The van der Waals surface area contributed by atoms with Crippen molar-refractivity contribution in [2.45, 2.75) is 65.9 Å². The minimum atomic E-state index is -0.900. The Kier molecular flexibility index (Phi) is 5.84. The molecule has 2 fully saturated rings. The third kappa shape index (κ3) is 3.51. The molecular weight excluding hydrogens is 328 g/mol. The van der Waals surface area contributed by atoms with E-state index in [-0.39, 0.29) is 23.2 Å². The second kappa shape index (κ2) is 7.42. The van der Waals surface area contributed by atoms with E-state index in [1.165, 1.54) is 6.92 Å². The number of esters is 1. The molecule has 26 heavy (non-hydrogen) atoms. The quantitative estimate of drug-likeness (QED) is 0.430. The first-order valence-electron chi connectivity index (χ1n) is 9.43. The zero-order valence-electron chi connectivity index (χ0n) is 16.5. The molecule has 5 atom stereocenters. The Balaban J connectivity index is 2.51. The molecule has 0 aromatic carbocycles. The van der Waals surface area contributed by atoms with Crippen molar-refractivity contribution < 1.29 is 19.4 Å². The molecule has 2 rings (SSSR count). The number of allylic oxidation sites excluding steroid dienone is 3. The summed E-state index contributed by atoms with van der Waals surface area (Å²) in [6.45, 7) is 15.5. The molecule has 4 heteroatoms. The Morgan fingerprint density at radius 3 is 2.50 bits per heavy atom. The highest BCUT2D eigenvalue weighted by molar-refractivity contribution is 5.75. The van der Waals surface area contributed by atoms with E-state index in [1.54, 1.807) is 0 Å². The molecule has 2 saturated carbocycles. The summed E-state index contributed by atoms with van der Waals surface area (Å²) in [6, 6.07) is 0. The smallest absolute Gasteiger partial charge is 0.309 e. The van der Waals surface area contributed by atoms with Gasteiger partial charge in [-0.2, -0.15) is 0 Å². The number of carboxylic acids is 1. The second-order valence-electron chi connectivity index (χ2n) is 8.51. The molecule has 0 heterocycles. The van der Waals surface area contributed by atoms with Gasteiger partial charge in [0.2, 0.25) is 0 Å². The summed E-state index contributed by atoms with van der Waals surface area (Å²) in [5.74, 6) is -1.20. The van der Waals surface area contributed by atoms with Crippen molar-refractivity contribution in [3.8, 4) is 0 Å². The van der Waals surface area contributed by atoms with Crippen molar-refractivity contribution in [2.24, 2.45) is 22.7 Å². The number of carboxylic acid groups (broad SMARTS) is 1. The van der Waals surface area contributed by atoms with Crippen LogP contribution in [0.2, 0.25) is 0 Å². The third-order valence-corrected chi connectivity index (χ3v) is 6.74. The van der Waals surface area contributed by atoms with Crippen molar-refractivity contribution in [3.05, 3.63) is 36.5 Å².